The standard InChI is InChI=1S/C22H24N2O3/c1-26-17-6-8-18(9-7-17)27-15-22(25)24-12-10-16(11-13-24)20-14-23-21-5-3-2-4-19(20)21/h2-9,14,16,23H,10-13,15H2,1H3. The first-order chi connectivity index (χ1) is 13.2. The quantitative estimate of drug-likeness (QED) is 0.745. The number of nitrogens with one attached hydrogen (secondary N) is 1. The highest BCUT2D eigenvalue weighted by atomic mass is 16.5. The molecule has 0 saturated carbocycles. The van der Waals surface area contributed by atoms with Crippen molar-refractivity contribution >= 4 is 16.8 Å². The van der Waals surface area contributed by atoms with Gasteiger partial charge in [-0.25, -0.2) is 0 Å². The maximum atomic E-state index is 12.5. The van der Waals surface area contributed by atoms with Gasteiger partial charge in [0.1, 0.15) is 11.5 Å². The number of hydrogen-bond donors (Lipinski definition) is 1. The molecular weight excluding hydrogens is 340 g/mol. The van der Waals surface area contributed by atoms with Crippen LogP contribution in [0.15, 0.2) is 54.7 Å². The van der Waals surface area contributed by atoms with Gasteiger partial charge in [0.15, 0.2) is 6.61 Å². The molecule has 1 fully saturated rings. The smallest absolute Gasteiger partial charge is 0.260 e. The number of aromatic nitrogens is 1. The second-order valence-electron chi connectivity index (χ2n) is 6.91. The number of carbonyl (C=O) groups excluding carboxylic acids is 1. The second kappa shape index (κ2) is 7.74. The molecule has 2 aromatic carbocycles. The van der Waals surface area contributed by atoms with Gasteiger partial charge in [-0.05, 0) is 54.7 Å². The Balaban J connectivity index is 1.31. The van der Waals surface area contributed by atoms with Crippen LogP contribution in [0.3, 0.4) is 0 Å². The van der Waals surface area contributed by atoms with E-state index < -0.39 is 0 Å². The fourth-order valence-corrected chi connectivity index (χ4v) is 3.78. The number of piperidine rings is 1. The molecule has 3 aromatic rings. The van der Waals surface area contributed by atoms with Gasteiger partial charge in [-0.15, -0.1) is 0 Å². The Bertz CT molecular complexity index is 909. The first kappa shape index (κ1) is 17.5. The lowest BCUT2D eigenvalue weighted by molar-refractivity contribution is -0.134. The molecule has 1 aliphatic rings. The fraction of sp³-hybridized carbons (Fsp3) is 0.318. The molecule has 0 bridgehead atoms. The summed E-state index contributed by atoms with van der Waals surface area (Å²) in [4.78, 5) is 17.7. The predicted molar refractivity (Wildman–Crippen MR) is 105 cm³/mol. The van der Waals surface area contributed by atoms with Gasteiger partial charge in [-0.3, -0.25) is 4.79 Å². The molecule has 1 N–H and O–H groups in total. The summed E-state index contributed by atoms with van der Waals surface area (Å²) in [6.07, 6.45) is 4.09. The lowest BCUT2D eigenvalue weighted by Gasteiger charge is -2.32. The first-order valence-electron chi connectivity index (χ1n) is 9.35. The van der Waals surface area contributed by atoms with Gasteiger partial charge >= 0.3 is 0 Å². The molecule has 0 unspecified atom stereocenters. The minimum atomic E-state index is 0.0446. The Labute approximate surface area is 158 Å². The predicted octanol–water partition coefficient (Wildman–Crippen LogP) is 3.96. The molecule has 0 atom stereocenters. The Morgan fingerprint density at radius 3 is 2.52 bits per heavy atom. The van der Waals surface area contributed by atoms with Crippen molar-refractivity contribution in [3.05, 3.63) is 60.3 Å². The molecule has 4 rings (SSSR count). The van der Waals surface area contributed by atoms with Crippen LogP contribution in [-0.2, 0) is 4.79 Å². The summed E-state index contributed by atoms with van der Waals surface area (Å²) in [6, 6.07) is 15.7. The Morgan fingerprint density at radius 2 is 1.78 bits per heavy atom. The summed E-state index contributed by atoms with van der Waals surface area (Å²) in [5.74, 6) is 1.99. The number of ether oxygens (including phenoxy) is 2. The van der Waals surface area contributed by atoms with Crippen molar-refractivity contribution in [3.63, 3.8) is 0 Å². The van der Waals surface area contributed by atoms with E-state index in [0.29, 0.717) is 11.7 Å². The molecule has 0 spiro atoms. The van der Waals surface area contributed by atoms with Crippen LogP contribution in [0.2, 0.25) is 0 Å². The van der Waals surface area contributed by atoms with Crippen LogP contribution < -0.4 is 9.47 Å². The number of nitrogens with zero attached hydrogens (tertiary/aromatic N) is 1. The van der Waals surface area contributed by atoms with Gasteiger partial charge in [-0.1, -0.05) is 18.2 Å². The summed E-state index contributed by atoms with van der Waals surface area (Å²) in [5, 5.41) is 1.30. The summed E-state index contributed by atoms with van der Waals surface area (Å²) >= 11 is 0. The Kier molecular flexibility index (Phi) is 5.01. The third kappa shape index (κ3) is 3.77. The summed E-state index contributed by atoms with van der Waals surface area (Å²) in [7, 11) is 1.62. The van der Waals surface area contributed by atoms with Gasteiger partial charge in [-0.2, -0.15) is 0 Å². The number of amides is 1. The lowest BCUT2D eigenvalue weighted by atomic mass is 9.89. The monoisotopic (exact) mass is 364 g/mol. The van der Waals surface area contributed by atoms with Crippen molar-refractivity contribution in [2.75, 3.05) is 26.8 Å². The van der Waals surface area contributed by atoms with Crippen molar-refractivity contribution < 1.29 is 14.3 Å². The number of benzene rings is 2. The van der Waals surface area contributed by atoms with E-state index in [9.17, 15) is 4.79 Å². The van der Waals surface area contributed by atoms with E-state index in [0.717, 1.165) is 31.7 Å². The maximum Gasteiger partial charge on any atom is 0.260 e. The number of hydrogen-bond acceptors (Lipinski definition) is 3. The van der Waals surface area contributed by atoms with Crippen molar-refractivity contribution in [2.24, 2.45) is 0 Å². The molecule has 1 aliphatic heterocycles. The molecule has 2 heterocycles. The molecule has 1 saturated heterocycles. The van der Waals surface area contributed by atoms with Crippen LogP contribution >= 0.6 is 0 Å². The van der Waals surface area contributed by atoms with Crippen LogP contribution in [0.1, 0.15) is 24.3 Å². The lowest BCUT2D eigenvalue weighted by Crippen LogP contribution is -2.40. The maximum absolute atomic E-state index is 12.5. The average molecular weight is 364 g/mol. The highest BCUT2D eigenvalue weighted by Gasteiger charge is 2.25. The number of aromatic amines is 1. The van der Waals surface area contributed by atoms with Crippen LogP contribution in [-0.4, -0.2) is 42.6 Å². The van der Waals surface area contributed by atoms with Gasteiger partial charge in [0.05, 0.1) is 7.11 Å². The third-order valence-electron chi connectivity index (χ3n) is 5.33. The van der Waals surface area contributed by atoms with Gasteiger partial charge in [0.25, 0.3) is 5.91 Å². The number of rotatable bonds is 5. The van der Waals surface area contributed by atoms with E-state index in [4.69, 9.17) is 9.47 Å². The minimum absolute atomic E-state index is 0.0446. The summed E-state index contributed by atoms with van der Waals surface area (Å²) in [6.45, 7) is 1.62. The normalized spacial score (nSPS) is 15.1. The van der Waals surface area contributed by atoms with Crippen LogP contribution in [0.4, 0.5) is 0 Å². The zero-order chi connectivity index (χ0) is 18.6. The third-order valence-corrected chi connectivity index (χ3v) is 5.33. The first-order valence-corrected chi connectivity index (χ1v) is 9.35. The number of likely N-dealkylation sites (tertiary alicyclic amines) is 1. The number of H-pyrrole nitrogens is 1. The fourth-order valence-electron chi connectivity index (χ4n) is 3.78. The van der Waals surface area contributed by atoms with E-state index in [-0.39, 0.29) is 12.5 Å². The van der Waals surface area contributed by atoms with E-state index in [1.165, 1.54) is 16.5 Å². The molecule has 1 aromatic heterocycles. The molecule has 140 valence electrons. The van der Waals surface area contributed by atoms with Crippen molar-refractivity contribution in [1.29, 1.82) is 0 Å². The molecule has 27 heavy (non-hydrogen) atoms. The van der Waals surface area contributed by atoms with Crippen molar-refractivity contribution in [2.45, 2.75) is 18.8 Å². The zero-order valence-corrected chi connectivity index (χ0v) is 15.5. The Hall–Kier alpha value is -2.95. The topological polar surface area (TPSA) is 54.6 Å². The Morgan fingerprint density at radius 1 is 1.07 bits per heavy atom. The average Bonchev–Trinajstić information content (AvgIpc) is 3.16. The molecule has 1 amide bonds. The van der Waals surface area contributed by atoms with E-state index in [1.54, 1.807) is 7.11 Å². The van der Waals surface area contributed by atoms with Crippen LogP contribution in [0, 0.1) is 0 Å². The molecular formula is C22H24N2O3. The van der Waals surface area contributed by atoms with Crippen molar-refractivity contribution in [1.82, 2.24) is 9.88 Å². The molecule has 0 radical (unpaired) electrons. The summed E-state index contributed by atoms with van der Waals surface area (Å²) in [5.41, 5.74) is 2.55. The number of fused-ring (bicyclic) bond motifs is 1. The molecule has 0 aliphatic carbocycles. The molecule has 5 heteroatoms. The molecule has 5 nitrogen and oxygen atoms in total. The van der Waals surface area contributed by atoms with Crippen molar-refractivity contribution in [3.8, 4) is 11.5 Å². The zero-order valence-electron chi connectivity index (χ0n) is 15.5. The highest BCUT2D eigenvalue weighted by Crippen LogP contribution is 2.33. The van der Waals surface area contributed by atoms with Crippen LogP contribution in [0.25, 0.3) is 10.9 Å². The van der Waals surface area contributed by atoms with Gasteiger partial charge in [0.2, 0.25) is 0 Å². The van der Waals surface area contributed by atoms with Gasteiger partial charge in [0, 0.05) is 30.2 Å². The second-order valence-corrected chi connectivity index (χ2v) is 6.91. The number of para-hydroxylation sites is 1. The summed E-state index contributed by atoms with van der Waals surface area (Å²) < 4.78 is 10.7. The van der Waals surface area contributed by atoms with E-state index >= 15 is 0 Å². The largest absolute Gasteiger partial charge is 0.497 e. The minimum Gasteiger partial charge on any atom is -0.497 e. The van der Waals surface area contributed by atoms with E-state index in [2.05, 4.69) is 29.4 Å². The number of carbonyl (C=O) groups is 1. The van der Waals surface area contributed by atoms with E-state index in [1.807, 2.05) is 35.2 Å². The van der Waals surface area contributed by atoms with Crippen LogP contribution in [0.5, 0.6) is 11.5 Å². The SMILES string of the molecule is COc1ccc(OCC(=O)N2CCC(c3c[nH]c4ccccc34)CC2)cc1. The highest BCUT2D eigenvalue weighted by molar-refractivity contribution is 5.83. The van der Waals surface area contributed by atoms with Gasteiger partial charge < -0.3 is 19.4 Å². The number of methoxy groups -OCH3 is 1.